The monoisotopic (exact) mass is 245 g/mol. The van der Waals surface area contributed by atoms with Gasteiger partial charge in [0.2, 0.25) is 0 Å². The van der Waals surface area contributed by atoms with E-state index in [1.54, 1.807) is 0 Å². The SMILES string of the molecule is CCCCCn1c(C(C)C)nc2c(N)cccc21. The molecule has 3 nitrogen and oxygen atoms in total. The molecule has 0 amide bonds. The molecule has 1 aromatic carbocycles. The standard InChI is InChI=1S/C15H23N3/c1-4-5-6-10-18-13-9-7-8-12(16)14(13)17-15(18)11(2)3/h7-9,11H,4-6,10,16H2,1-3H3. The molecule has 0 unspecified atom stereocenters. The van der Waals surface area contributed by atoms with Crippen LogP contribution in [0.4, 0.5) is 5.69 Å². The Balaban J connectivity index is 2.46. The molecular formula is C15H23N3. The van der Waals surface area contributed by atoms with Crippen LogP contribution >= 0.6 is 0 Å². The number of aromatic nitrogens is 2. The number of imidazole rings is 1. The summed E-state index contributed by atoms with van der Waals surface area (Å²) >= 11 is 0. The molecule has 0 aliphatic carbocycles. The molecule has 0 bridgehead atoms. The van der Waals surface area contributed by atoms with Crippen LogP contribution in [0.1, 0.15) is 51.8 Å². The number of para-hydroxylation sites is 1. The number of aryl methyl sites for hydroxylation is 1. The first-order chi connectivity index (χ1) is 8.65. The molecule has 0 atom stereocenters. The summed E-state index contributed by atoms with van der Waals surface area (Å²) in [6, 6.07) is 6.06. The van der Waals surface area contributed by atoms with Crippen molar-refractivity contribution < 1.29 is 0 Å². The predicted molar refractivity (Wildman–Crippen MR) is 77.8 cm³/mol. The van der Waals surface area contributed by atoms with E-state index in [9.17, 15) is 0 Å². The summed E-state index contributed by atoms with van der Waals surface area (Å²) in [4.78, 5) is 4.73. The highest BCUT2D eigenvalue weighted by Gasteiger charge is 2.14. The average molecular weight is 245 g/mol. The van der Waals surface area contributed by atoms with E-state index in [0.29, 0.717) is 5.92 Å². The Morgan fingerprint density at radius 3 is 2.72 bits per heavy atom. The van der Waals surface area contributed by atoms with Crippen molar-refractivity contribution in [1.29, 1.82) is 0 Å². The molecule has 0 fully saturated rings. The molecule has 2 aromatic rings. The van der Waals surface area contributed by atoms with E-state index in [1.165, 1.54) is 24.8 Å². The third-order valence-electron chi connectivity index (χ3n) is 3.34. The van der Waals surface area contributed by atoms with Gasteiger partial charge in [0, 0.05) is 12.5 Å². The fourth-order valence-corrected chi connectivity index (χ4v) is 2.38. The van der Waals surface area contributed by atoms with Gasteiger partial charge in [-0.3, -0.25) is 0 Å². The van der Waals surface area contributed by atoms with E-state index >= 15 is 0 Å². The Bertz CT molecular complexity index is 526. The number of nitrogens with zero attached hydrogens (tertiary/aromatic N) is 2. The van der Waals surface area contributed by atoms with Crippen LogP contribution in [0.15, 0.2) is 18.2 Å². The molecule has 2 N–H and O–H groups in total. The first kappa shape index (κ1) is 12.9. The highest BCUT2D eigenvalue weighted by atomic mass is 15.1. The van der Waals surface area contributed by atoms with Crippen molar-refractivity contribution in [2.75, 3.05) is 5.73 Å². The van der Waals surface area contributed by atoms with Gasteiger partial charge in [0.25, 0.3) is 0 Å². The van der Waals surface area contributed by atoms with E-state index in [0.717, 1.165) is 23.6 Å². The van der Waals surface area contributed by atoms with Crippen LogP contribution in [0.3, 0.4) is 0 Å². The molecule has 1 aromatic heterocycles. The fourth-order valence-electron chi connectivity index (χ4n) is 2.38. The molecule has 3 heteroatoms. The van der Waals surface area contributed by atoms with Crippen molar-refractivity contribution >= 4 is 16.7 Å². The number of hydrogen-bond donors (Lipinski definition) is 1. The number of hydrogen-bond acceptors (Lipinski definition) is 2. The minimum atomic E-state index is 0.429. The van der Waals surface area contributed by atoms with Gasteiger partial charge in [-0.2, -0.15) is 0 Å². The maximum Gasteiger partial charge on any atom is 0.112 e. The zero-order chi connectivity index (χ0) is 13.1. The molecule has 2 rings (SSSR count). The van der Waals surface area contributed by atoms with Crippen molar-refractivity contribution in [2.24, 2.45) is 0 Å². The van der Waals surface area contributed by atoms with Gasteiger partial charge in [-0.25, -0.2) is 4.98 Å². The van der Waals surface area contributed by atoms with Gasteiger partial charge < -0.3 is 10.3 Å². The van der Waals surface area contributed by atoms with Crippen LogP contribution in [-0.4, -0.2) is 9.55 Å². The van der Waals surface area contributed by atoms with Gasteiger partial charge in [-0.15, -0.1) is 0 Å². The van der Waals surface area contributed by atoms with Crippen LogP contribution in [0.2, 0.25) is 0 Å². The van der Waals surface area contributed by atoms with Crippen molar-refractivity contribution in [3.8, 4) is 0 Å². The van der Waals surface area contributed by atoms with Crippen LogP contribution in [-0.2, 0) is 6.54 Å². The molecule has 0 spiro atoms. The second-order valence-electron chi connectivity index (χ2n) is 5.20. The number of anilines is 1. The van der Waals surface area contributed by atoms with E-state index in [-0.39, 0.29) is 0 Å². The molecule has 98 valence electrons. The second kappa shape index (κ2) is 5.42. The molecule has 0 saturated carbocycles. The zero-order valence-corrected chi connectivity index (χ0v) is 11.6. The Morgan fingerprint density at radius 2 is 2.06 bits per heavy atom. The van der Waals surface area contributed by atoms with E-state index < -0.39 is 0 Å². The lowest BCUT2D eigenvalue weighted by atomic mass is 10.2. The predicted octanol–water partition coefficient (Wildman–Crippen LogP) is 3.93. The van der Waals surface area contributed by atoms with Gasteiger partial charge in [0.15, 0.2) is 0 Å². The molecule has 0 aliphatic rings. The van der Waals surface area contributed by atoms with Gasteiger partial charge in [-0.1, -0.05) is 39.7 Å². The van der Waals surface area contributed by atoms with Crippen molar-refractivity contribution in [3.63, 3.8) is 0 Å². The molecular weight excluding hydrogens is 222 g/mol. The lowest BCUT2D eigenvalue weighted by Gasteiger charge is -2.11. The van der Waals surface area contributed by atoms with Gasteiger partial charge in [-0.05, 0) is 18.6 Å². The average Bonchev–Trinajstić information content (AvgIpc) is 2.70. The largest absolute Gasteiger partial charge is 0.397 e. The lowest BCUT2D eigenvalue weighted by Crippen LogP contribution is -2.05. The summed E-state index contributed by atoms with van der Waals surface area (Å²) in [5.41, 5.74) is 8.93. The van der Waals surface area contributed by atoms with Gasteiger partial charge >= 0.3 is 0 Å². The minimum Gasteiger partial charge on any atom is -0.397 e. The summed E-state index contributed by atoms with van der Waals surface area (Å²) in [7, 11) is 0. The molecule has 0 saturated heterocycles. The van der Waals surface area contributed by atoms with Gasteiger partial charge in [0.05, 0.1) is 11.2 Å². The van der Waals surface area contributed by atoms with E-state index in [1.807, 2.05) is 12.1 Å². The highest BCUT2D eigenvalue weighted by molar-refractivity contribution is 5.87. The molecule has 1 heterocycles. The van der Waals surface area contributed by atoms with Crippen molar-refractivity contribution in [1.82, 2.24) is 9.55 Å². The highest BCUT2D eigenvalue weighted by Crippen LogP contribution is 2.26. The number of nitrogen functional groups attached to an aromatic ring is 1. The summed E-state index contributed by atoms with van der Waals surface area (Å²) in [5.74, 6) is 1.58. The third kappa shape index (κ3) is 2.35. The van der Waals surface area contributed by atoms with Crippen molar-refractivity contribution in [2.45, 2.75) is 52.5 Å². The third-order valence-corrected chi connectivity index (χ3v) is 3.34. The Morgan fingerprint density at radius 1 is 1.28 bits per heavy atom. The maximum atomic E-state index is 6.02. The van der Waals surface area contributed by atoms with Crippen LogP contribution in [0.5, 0.6) is 0 Å². The van der Waals surface area contributed by atoms with Crippen molar-refractivity contribution in [3.05, 3.63) is 24.0 Å². The lowest BCUT2D eigenvalue weighted by molar-refractivity contribution is 0.576. The summed E-state index contributed by atoms with van der Waals surface area (Å²) in [6.07, 6.45) is 3.71. The maximum absolute atomic E-state index is 6.02. The summed E-state index contributed by atoms with van der Waals surface area (Å²) in [6.45, 7) is 7.65. The van der Waals surface area contributed by atoms with Crippen LogP contribution in [0, 0.1) is 0 Å². The fraction of sp³-hybridized carbons (Fsp3) is 0.533. The normalized spacial score (nSPS) is 11.6. The Hall–Kier alpha value is -1.51. The minimum absolute atomic E-state index is 0.429. The van der Waals surface area contributed by atoms with Gasteiger partial charge in [0.1, 0.15) is 11.3 Å². The quantitative estimate of drug-likeness (QED) is 0.640. The van der Waals surface area contributed by atoms with E-state index in [4.69, 9.17) is 10.7 Å². The first-order valence-corrected chi connectivity index (χ1v) is 6.89. The van der Waals surface area contributed by atoms with Crippen LogP contribution in [0.25, 0.3) is 11.0 Å². The summed E-state index contributed by atoms with van der Waals surface area (Å²) in [5, 5.41) is 0. The number of unbranched alkanes of at least 4 members (excludes halogenated alkanes) is 2. The first-order valence-electron chi connectivity index (χ1n) is 6.89. The molecule has 0 radical (unpaired) electrons. The molecule has 18 heavy (non-hydrogen) atoms. The topological polar surface area (TPSA) is 43.8 Å². The number of rotatable bonds is 5. The number of fused-ring (bicyclic) bond motifs is 1. The molecule has 0 aliphatic heterocycles. The van der Waals surface area contributed by atoms with E-state index in [2.05, 4.69) is 31.4 Å². The summed E-state index contributed by atoms with van der Waals surface area (Å²) < 4.78 is 2.34. The number of nitrogens with two attached hydrogens (primary N) is 1. The Kier molecular flexibility index (Phi) is 3.90. The van der Waals surface area contributed by atoms with Crippen LogP contribution < -0.4 is 5.73 Å². The number of benzene rings is 1. The smallest absolute Gasteiger partial charge is 0.112 e. The second-order valence-corrected chi connectivity index (χ2v) is 5.20. The zero-order valence-electron chi connectivity index (χ0n) is 11.6. The Labute approximate surface area is 109 Å².